The van der Waals surface area contributed by atoms with Gasteiger partial charge < -0.3 is 4.57 Å². The molecule has 3 aromatic rings. The van der Waals surface area contributed by atoms with Gasteiger partial charge in [0.25, 0.3) is 0 Å². The highest BCUT2D eigenvalue weighted by Gasteiger charge is 2.12. The van der Waals surface area contributed by atoms with Crippen molar-refractivity contribution in [3.63, 3.8) is 0 Å². The quantitative estimate of drug-likeness (QED) is 0.721. The largest absolute Gasteiger partial charge is 0.314 e. The van der Waals surface area contributed by atoms with Crippen molar-refractivity contribution >= 4 is 21.8 Å². The third-order valence-corrected chi connectivity index (χ3v) is 5.56. The molecule has 2 aromatic carbocycles. The number of hydrogen-bond donors (Lipinski definition) is 1. The van der Waals surface area contributed by atoms with E-state index in [0.717, 1.165) is 22.6 Å². The summed E-state index contributed by atoms with van der Waals surface area (Å²) >= 11 is 1.71. The molecule has 1 heterocycles. The summed E-state index contributed by atoms with van der Waals surface area (Å²) in [5, 5.41) is 5.16. The number of rotatable bonds is 4. The lowest BCUT2D eigenvalue weighted by Gasteiger charge is -2.13. The van der Waals surface area contributed by atoms with Crippen molar-refractivity contribution in [2.75, 3.05) is 6.26 Å². The Bertz CT molecular complexity index is 957. The summed E-state index contributed by atoms with van der Waals surface area (Å²) in [6.07, 6.45) is 2.05. The SMILES string of the molecule is CSc1ccc(-n2c(C)ccc2-c2ccc(S(N)(=O)=O)cc2)cc1. The number of nitrogens with zero attached hydrogens (tertiary/aromatic N) is 1. The minimum Gasteiger partial charge on any atom is -0.314 e. The first-order chi connectivity index (χ1) is 11.4. The standard InChI is InChI=1S/C18H18N2O2S2/c1-13-3-12-18(14-4-10-17(11-5-14)24(19,21)22)20(13)15-6-8-16(23-2)9-7-15/h3-12H,1-2H3,(H2,19,21,22). The fraction of sp³-hybridized carbons (Fsp3) is 0.111. The zero-order chi connectivity index (χ0) is 17.3. The Morgan fingerprint density at radius 1 is 0.917 bits per heavy atom. The summed E-state index contributed by atoms with van der Waals surface area (Å²) in [5.41, 5.74) is 4.12. The normalized spacial score (nSPS) is 11.6. The van der Waals surface area contributed by atoms with Gasteiger partial charge in [-0.15, -0.1) is 11.8 Å². The lowest BCUT2D eigenvalue weighted by Crippen LogP contribution is -2.11. The lowest BCUT2D eigenvalue weighted by atomic mass is 10.1. The molecule has 0 atom stereocenters. The van der Waals surface area contributed by atoms with Crippen molar-refractivity contribution in [3.05, 3.63) is 66.4 Å². The first-order valence-electron chi connectivity index (χ1n) is 7.36. The van der Waals surface area contributed by atoms with Crippen LogP contribution < -0.4 is 5.14 Å². The Labute approximate surface area is 146 Å². The zero-order valence-electron chi connectivity index (χ0n) is 13.4. The molecule has 0 saturated carbocycles. The Morgan fingerprint density at radius 3 is 2.08 bits per heavy atom. The topological polar surface area (TPSA) is 65.1 Å². The summed E-state index contributed by atoms with van der Waals surface area (Å²) < 4.78 is 25.0. The van der Waals surface area contributed by atoms with Gasteiger partial charge in [-0.1, -0.05) is 12.1 Å². The second kappa shape index (κ2) is 6.47. The number of hydrogen-bond acceptors (Lipinski definition) is 3. The van der Waals surface area contributed by atoms with E-state index in [-0.39, 0.29) is 4.90 Å². The maximum atomic E-state index is 11.4. The number of aromatic nitrogens is 1. The summed E-state index contributed by atoms with van der Waals surface area (Å²) in [6, 6.07) is 19.1. The Balaban J connectivity index is 2.06. The molecule has 4 nitrogen and oxygen atoms in total. The van der Waals surface area contributed by atoms with Gasteiger partial charge in [0.15, 0.2) is 0 Å². The molecule has 0 unspecified atom stereocenters. The van der Waals surface area contributed by atoms with Crippen molar-refractivity contribution in [2.45, 2.75) is 16.7 Å². The predicted octanol–water partition coefficient (Wildman–Crippen LogP) is 3.82. The van der Waals surface area contributed by atoms with E-state index in [1.165, 1.54) is 17.0 Å². The van der Waals surface area contributed by atoms with Gasteiger partial charge in [0.05, 0.1) is 10.6 Å². The summed E-state index contributed by atoms with van der Waals surface area (Å²) in [7, 11) is -3.68. The van der Waals surface area contributed by atoms with Crippen LogP contribution in [0.1, 0.15) is 5.69 Å². The molecule has 0 spiro atoms. The highest BCUT2D eigenvalue weighted by Crippen LogP contribution is 2.28. The van der Waals surface area contributed by atoms with Crippen LogP contribution in [0.5, 0.6) is 0 Å². The number of nitrogens with two attached hydrogens (primary N) is 1. The van der Waals surface area contributed by atoms with E-state index in [4.69, 9.17) is 5.14 Å². The number of benzene rings is 2. The molecule has 3 rings (SSSR count). The van der Waals surface area contributed by atoms with Gasteiger partial charge in [0.2, 0.25) is 10.0 Å². The third kappa shape index (κ3) is 3.26. The average molecular weight is 358 g/mol. The van der Waals surface area contributed by atoms with Crippen molar-refractivity contribution in [1.29, 1.82) is 0 Å². The molecule has 0 saturated heterocycles. The van der Waals surface area contributed by atoms with Crippen molar-refractivity contribution in [3.8, 4) is 16.9 Å². The Kier molecular flexibility index (Phi) is 4.54. The number of thioether (sulfide) groups is 1. The number of aryl methyl sites for hydroxylation is 1. The van der Waals surface area contributed by atoms with Gasteiger partial charge in [0.1, 0.15) is 0 Å². The number of primary sulfonamides is 1. The second-order valence-corrected chi connectivity index (χ2v) is 7.90. The van der Waals surface area contributed by atoms with Crippen molar-refractivity contribution in [2.24, 2.45) is 5.14 Å². The minimum absolute atomic E-state index is 0.116. The fourth-order valence-electron chi connectivity index (χ4n) is 2.65. The lowest BCUT2D eigenvalue weighted by molar-refractivity contribution is 0.598. The average Bonchev–Trinajstić information content (AvgIpc) is 2.96. The maximum absolute atomic E-state index is 11.4. The molecule has 6 heteroatoms. The van der Waals surface area contributed by atoms with Crippen LogP contribution in [0.4, 0.5) is 0 Å². The van der Waals surface area contributed by atoms with E-state index < -0.39 is 10.0 Å². The minimum atomic E-state index is -3.68. The van der Waals surface area contributed by atoms with Gasteiger partial charge in [-0.3, -0.25) is 0 Å². The third-order valence-electron chi connectivity index (χ3n) is 3.89. The van der Waals surface area contributed by atoms with Gasteiger partial charge in [0, 0.05) is 16.3 Å². The Morgan fingerprint density at radius 2 is 1.54 bits per heavy atom. The van der Waals surface area contributed by atoms with Crippen molar-refractivity contribution < 1.29 is 8.42 Å². The first-order valence-corrected chi connectivity index (χ1v) is 10.1. The second-order valence-electron chi connectivity index (χ2n) is 5.46. The molecule has 0 amide bonds. The predicted molar refractivity (Wildman–Crippen MR) is 99.1 cm³/mol. The smallest absolute Gasteiger partial charge is 0.238 e. The van der Waals surface area contributed by atoms with E-state index in [0.29, 0.717) is 0 Å². The van der Waals surface area contributed by atoms with E-state index in [2.05, 4.69) is 28.8 Å². The monoisotopic (exact) mass is 358 g/mol. The van der Waals surface area contributed by atoms with E-state index >= 15 is 0 Å². The van der Waals surface area contributed by atoms with Gasteiger partial charge in [-0.05, 0) is 67.3 Å². The molecule has 24 heavy (non-hydrogen) atoms. The van der Waals surface area contributed by atoms with E-state index in [1.807, 2.05) is 25.3 Å². The summed E-state index contributed by atoms with van der Waals surface area (Å²) in [4.78, 5) is 1.33. The summed E-state index contributed by atoms with van der Waals surface area (Å²) in [6.45, 7) is 2.05. The van der Waals surface area contributed by atoms with Crippen molar-refractivity contribution in [1.82, 2.24) is 4.57 Å². The number of sulfonamides is 1. The van der Waals surface area contributed by atoms with Crippen LogP contribution in [0.3, 0.4) is 0 Å². The molecule has 0 aliphatic rings. The molecule has 1 aromatic heterocycles. The summed E-state index contributed by atoms with van der Waals surface area (Å²) in [5.74, 6) is 0. The van der Waals surface area contributed by atoms with Gasteiger partial charge in [-0.2, -0.15) is 0 Å². The molecular formula is C18H18N2O2S2. The molecule has 0 aliphatic carbocycles. The molecular weight excluding hydrogens is 340 g/mol. The van der Waals surface area contributed by atoms with Gasteiger partial charge >= 0.3 is 0 Å². The zero-order valence-corrected chi connectivity index (χ0v) is 15.1. The Hall–Kier alpha value is -2.02. The molecule has 2 N–H and O–H groups in total. The molecule has 0 fully saturated rings. The van der Waals surface area contributed by atoms with Crippen LogP contribution in [0, 0.1) is 6.92 Å². The van der Waals surface area contributed by atoms with Crippen LogP contribution in [0.2, 0.25) is 0 Å². The van der Waals surface area contributed by atoms with E-state index in [9.17, 15) is 8.42 Å². The first kappa shape index (κ1) is 16.8. The fourth-order valence-corrected chi connectivity index (χ4v) is 3.58. The molecule has 0 radical (unpaired) electrons. The molecule has 0 aliphatic heterocycles. The van der Waals surface area contributed by atoms with Gasteiger partial charge in [-0.25, -0.2) is 13.6 Å². The highest BCUT2D eigenvalue weighted by atomic mass is 32.2. The maximum Gasteiger partial charge on any atom is 0.238 e. The highest BCUT2D eigenvalue weighted by molar-refractivity contribution is 7.98. The van der Waals surface area contributed by atoms with E-state index in [1.54, 1.807) is 23.9 Å². The van der Waals surface area contributed by atoms with Crippen LogP contribution >= 0.6 is 11.8 Å². The van der Waals surface area contributed by atoms with Crippen LogP contribution in [-0.4, -0.2) is 19.2 Å². The van der Waals surface area contributed by atoms with Crippen LogP contribution in [0.25, 0.3) is 16.9 Å². The van der Waals surface area contributed by atoms with Crippen LogP contribution in [0.15, 0.2) is 70.5 Å². The molecule has 0 bridgehead atoms. The van der Waals surface area contributed by atoms with Crippen LogP contribution in [-0.2, 0) is 10.0 Å². The molecule has 124 valence electrons.